The van der Waals surface area contributed by atoms with Gasteiger partial charge in [0.2, 0.25) is 5.60 Å². The molecule has 0 saturated carbocycles. The van der Waals surface area contributed by atoms with Gasteiger partial charge in [-0.3, -0.25) is 18.7 Å². The minimum absolute atomic E-state index is 0.0441. The summed E-state index contributed by atoms with van der Waals surface area (Å²) in [6, 6.07) is -2.96. The van der Waals surface area contributed by atoms with Gasteiger partial charge in [0.25, 0.3) is 11.8 Å². The monoisotopic (exact) mass is 532 g/mol. The van der Waals surface area contributed by atoms with Crippen LogP contribution in [0, 0.1) is 0 Å². The minimum Gasteiger partial charge on any atom is -0.478 e. The van der Waals surface area contributed by atoms with Gasteiger partial charge in [-0.25, -0.2) is 23.6 Å². The van der Waals surface area contributed by atoms with E-state index in [4.69, 9.17) is 10.6 Å². The normalized spacial score (nSPS) is 18.8. The zero-order valence-electron chi connectivity index (χ0n) is 18.3. The molecule has 1 fully saturated rings. The lowest BCUT2D eigenvalue weighted by Gasteiger charge is -2.43. The number of carboxylic acids is 1. The number of aromatic nitrogens is 4. The van der Waals surface area contributed by atoms with Crippen LogP contribution in [0.2, 0.25) is 0 Å². The standard InChI is InChI=1S/C16H20N8O9S2/c1-16(2,13(27)28)33-21-9(7-5-34-14(17)19-7)11(25)20-10-8(24(12(10)26)35(30,31)32)4-23-15(29)22(3)6-18-23/h5-6,8,10H,4H2,1-3H3,(H2,17,19)(H,20,25)(H,27,28)(H,30,31,32)/t8-,10-/m0/s1. The lowest BCUT2D eigenvalue weighted by molar-refractivity contribution is -0.161. The fourth-order valence-electron chi connectivity index (χ4n) is 2.87. The zero-order chi connectivity index (χ0) is 26.3. The summed E-state index contributed by atoms with van der Waals surface area (Å²) in [6.07, 6.45) is 1.15. The van der Waals surface area contributed by atoms with Gasteiger partial charge in [0.15, 0.2) is 10.8 Å². The third-order valence-electron chi connectivity index (χ3n) is 4.81. The van der Waals surface area contributed by atoms with Crippen LogP contribution in [0.3, 0.4) is 0 Å². The number of carbonyl (C=O) groups excluding carboxylic acids is 2. The maximum absolute atomic E-state index is 13.0. The summed E-state index contributed by atoms with van der Waals surface area (Å²) >= 11 is 0.937. The summed E-state index contributed by atoms with van der Waals surface area (Å²) in [5, 5.41) is 20.2. The van der Waals surface area contributed by atoms with Gasteiger partial charge >= 0.3 is 22.0 Å². The first-order valence-corrected chi connectivity index (χ1v) is 11.8. The number of nitrogens with one attached hydrogen (secondary N) is 1. The molecule has 2 amide bonds. The number of hydrogen-bond donors (Lipinski definition) is 4. The first kappa shape index (κ1) is 25.8. The van der Waals surface area contributed by atoms with Crippen LogP contribution in [-0.4, -0.2) is 82.9 Å². The first-order chi connectivity index (χ1) is 16.1. The first-order valence-electron chi connectivity index (χ1n) is 9.54. The number of nitrogen functional groups attached to an aromatic ring is 1. The van der Waals surface area contributed by atoms with Crippen molar-refractivity contribution in [3.05, 3.63) is 27.9 Å². The predicted molar refractivity (Wildman–Crippen MR) is 117 cm³/mol. The third kappa shape index (κ3) is 5.15. The van der Waals surface area contributed by atoms with Gasteiger partial charge in [-0.15, -0.1) is 11.3 Å². The number of β-lactam (4-membered cyclic amide) rings is 1. The van der Waals surface area contributed by atoms with E-state index in [-0.39, 0.29) is 15.1 Å². The molecule has 0 radical (unpaired) electrons. The number of anilines is 1. The highest BCUT2D eigenvalue weighted by Crippen LogP contribution is 2.25. The zero-order valence-corrected chi connectivity index (χ0v) is 20.0. The average molecular weight is 533 g/mol. The molecule has 1 aliphatic heterocycles. The molecule has 2 aromatic rings. The van der Waals surface area contributed by atoms with Crippen molar-refractivity contribution in [2.75, 3.05) is 5.73 Å². The van der Waals surface area contributed by atoms with Crippen LogP contribution >= 0.6 is 11.3 Å². The molecule has 1 aliphatic rings. The van der Waals surface area contributed by atoms with Crippen LogP contribution in [0.5, 0.6) is 0 Å². The summed E-state index contributed by atoms with van der Waals surface area (Å²) in [5.74, 6) is -3.68. The van der Waals surface area contributed by atoms with Gasteiger partial charge in [0, 0.05) is 12.4 Å². The maximum atomic E-state index is 13.0. The molecule has 2 atom stereocenters. The van der Waals surface area contributed by atoms with Crippen molar-refractivity contribution in [2.24, 2.45) is 12.2 Å². The predicted octanol–water partition coefficient (Wildman–Crippen LogP) is -2.60. The van der Waals surface area contributed by atoms with E-state index in [1.807, 2.05) is 0 Å². The number of rotatable bonds is 9. The number of hydrogen-bond acceptors (Lipinski definition) is 12. The van der Waals surface area contributed by atoms with Crippen molar-refractivity contribution < 1.29 is 37.3 Å². The fourth-order valence-corrected chi connectivity index (χ4v) is 4.29. The molecule has 0 unspecified atom stereocenters. The second-order valence-corrected chi connectivity index (χ2v) is 9.93. The summed E-state index contributed by atoms with van der Waals surface area (Å²) in [6.45, 7) is 1.85. The van der Waals surface area contributed by atoms with Crippen molar-refractivity contribution in [2.45, 2.75) is 38.1 Å². The number of thiazole rings is 1. The molecule has 0 bridgehead atoms. The van der Waals surface area contributed by atoms with Gasteiger partial charge in [0.05, 0.1) is 12.6 Å². The molecular formula is C16H20N8O9S2. The molecule has 3 heterocycles. The Bertz CT molecular complexity index is 1370. The highest BCUT2D eigenvalue weighted by atomic mass is 32.2. The highest BCUT2D eigenvalue weighted by molar-refractivity contribution is 7.84. The second-order valence-electron chi connectivity index (χ2n) is 7.75. The van der Waals surface area contributed by atoms with Gasteiger partial charge < -0.3 is 21.0 Å². The van der Waals surface area contributed by atoms with Crippen LogP contribution in [0.15, 0.2) is 21.7 Å². The molecule has 1 saturated heterocycles. The van der Waals surface area contributed by atoms with E-state index < -0.39 is 63.7 Å². The lowest BCUT2D eigenvalue weighted by atomic mass is 9.98. The molecule has 17 nitrogen and oxygen atoms in total. The Balaban J connectivity index is 1.92. The molecule has 3 rings (SSSR count). The largest absolute Gasteiger partial charge is 0.478 e. The minimum atomic E-state index is -5.03. The Morgan fingerprint density at radius 2 is 2.03 bits per heavy atom. The number of nitrogens with two attached hydrogens (primary N) is 1. The van der Waals surface area contributed by atoms with Crippen LogP contribution in [-0.2, 0) is 43.1 Å². The average Bonchev–Trinajstić information content (AvgIpc) is 3.30. The van der Waals surface area contributed by atoms with Crippen molar-refractivity contribution in [1.82, 2.24) is 29.0 Å². The number of carboxylic acid groups (broad SMARTS) is 1. The molecule has 35 heavy (non-hydrogen) atoms. The van der Waals surface area contributed by atoms with Gasteiger partial charge in [0.1, 0.15) is 18.1 Å². The Hall–Kier alpha value is -3.84. The number of nitrogens with zero attached hydrogens (tertiary/aromatic N) is 6. The number of aliphatic carboxylic acids is 1. The SMILES string of the molecule is Cn1cnn(C[C@H]2[C@H](NC(=O)C(=NOC(C)(C)C(=O)O)c3csc(N)n3)C(=O)N2S(=O)(=O)O)c1=O. The van der Waals surface area contributed by atoms with Crippen molar-refractivity contribution in [3.8, 4) is 0 Å². The Kier molecular flexibility index (Phi) is 6.68. The summed E-state index contributed by atoms with van der Waals surface area (Å²) in [5.41, 5.74) is 2.43. The summed E-state index contributed by atoms with van der Waals surface area (Å²) in [7, 11) is -3.64. The van der Waals surface area contributed by atoms with Crippen molar-refractivity contribution >= 4 is 50.3 Å². The molecule has 19 heteroatoms. The number of amides is 2. The van der Waals surface area contributed by atoms with Gasteiger partial charge in [-0.05, 0) is 13.8 Å². The third-order valence-corrected chi connectivity index (χ3v) is 6.43. The molecule has 0 aliphatic carbocycles. The Morgan fingerprint density at radius 3 is 2.51 bits per heavy atom. The fraction of sp³-hybridized carbons (Fsp3) is 0.438. The summed E-state index contributed by atoms with van der Waals surface area (Å²) in [4.78, 5) is 57.7. The van der Waals surface area contributed by atoms with Crippen LogP contribution < -0.4 is 16.7 Å². The van der Waals surface area contributed by atoms with E-state index >= 15 is 0 Å². The number of carbonyl (C=O) groups is 3. The van der Waals surface area contributed by atoms with E-state index in [0.717, 1.165) is 26.9 Å². The van der Waals surface area contributed by atoms with Crippen LogP contribution in [0.1, 0.15) is 19.5 Å². The molecule has 2 aromatic heterocycles. The lowest BCUT2D eigenvalue weighted by Crippen LogP contribution is -2.73. The van der Waals surface area contributed by atoms with E-state index in [1.54, 1.807) is 0 Å². The molecular weight excluding hydrogens is 512 g/mol. The van der Waals surface area contributed by atoms with Gasteiger partial charge in [-0.1, -0.05) is 5.16 Å². The van der Waals surface area contributed by atoms with Crippen molar-refractivity contribution in [1.29, 1.82) is 0 Å². The molecule has 0 spiro atoms. The maximum Gasteiger partial charge on any atom is 0.362 e. The number of aryl methyl sites for hydroxylation is 1. The molecule has 5 N–H and O–H groups in total. The van der Waals surface area contributed by atoms with E-state index in [0.29, 0.717) is 0 Å². The highest BCUT2D eigenvalue weighted by Gasteiger charge is 2.54. The smallest absolute Gasteiger partial charge is 0.362 e. The molecule has 190 valence electrons. The second kappa shape index (κ2) is 9.07. The van der Waals surface area contributed by atoms with E-state index in [9.17, 15) is 37.3 Å². The Labute approximate surface area is 200 Å². The van der Waals surface area contributed by atoms with Crippen molar-refractivity contribution in [3.63, 3.8) is 0 Å². The molecule has 0 aromatic carbocycles. The van der Waals surface area contributed by atoms with Crippen LogP contribution in [0.4, 0.5) is 5.13 Å². The topological polar surface area (TPSA) is 241 Å². The Morgan fingerprint density at radius 1 is 1.37 bits per heavy atom. The van der Waals surface area contributed by atoms with E-state index in [1.165, 1.54) is 26.3 Å². The van der Waals surface area contributed by atoms with E-state index in [2.05, 4.69) is 20.6 Å². The summed E-state index contributed by atoms with van der Waals surface area (Å²) < 4.78 is 34.8. The quantitative estimate of drug-likeness (QED) is 0.112. The van der Waals surface area contributed by atoms with Gasteiger partial charge in [-0.2, -0.15) is 13.5 Å². The van der Waals surface area contributed by atoms with Crippen LogP contribution in [0.25, 0.3) is 0 Å². The number of oxime groups is 1.